The van der Waals surface area contributed by atoms with Crippen LogP contribution >= 0.6 is 0 Å². The number of hydrogen-bond acceptors (Lipinski definition) is 4. The Kier molecular flexibility index (Phi) is 4.49. The van der Waals surface area contributed by atoms with Gasteiger partial charge in [0, 0.05) is 31.0 Å². The molecule has 0 fully saturated rings. The standard InChI is InChI=1S/C14H21N5/c1-4-7-11-10-13(15-5-2)18-14(17-11)12-8-9-16-19(12)6-3/h8-10H,4-7H2,1-3H3,(H,15,17,18). The van der Waals surface area contributed by atoms with Crippen molar-refractivity contribution in [1.82, 2.24) is 19.7 Å². The average Bonchev–Trinajstić information content (AvgIpc) is 2.87. The Labute approximate surface area is 114 Å². The van der Waals surface area contributed by atoms with Crippen molar-refractivity contribution in [2.45, 2.75) is 40.2 Å². The molecule has 0 unspecified atom stereocenters. The molecule has 2 aromatic rings. The van der Waals surface area contributed by atoms with Crippen LogP contribution in [0, 0.1) is 0 Å². The Hall–Kier alpha value is -1.91. The number of nitrogens with one attached hydrogen (secondary N) is 1. The number of rotatable bonds is 6. The highest BCUT2D eigenvalue weighted by Gasteiger charge is 2.10. The zero-order valence-electron chi connectivity index (χ0n) is 11.8. The molecule has 0 radical (unpaired) electrons. The molecular formula is C14H21N5. The van der Waals surface area contributed by atoms with E-state index < -0.39 is 0 Å². The Morgan fingerprint density at radius 3 is 2.74 bits per heavy atom. The van der Waals surface area contributed by atoms with Crippen molar-refractivity contribution >= 4 is 5.82 Å². The van der Waals surface area contributed by atoms with E-state index in [4.69, 9.17) is 0 Å². The molecule has 1 N–H and O–H groups in total. The van der Waals surface area contributed by atoms with E-state index >= 15 is 0 Å². The molecule has 2 rings (SSSR count). The Morgan fingerprint density at radius 1 is 1.21 bits per heavy atom. The molecule has 0 aliphatic carbocycles. The normalized spacial score (nSPS) is 10.7. The van der Waals surface area contributed by atoms with Gasteiger partial charge in [0.2, 0.25) is 0 Å². The lowest BCUT2D eigenvalue weighted by Gasteiger charge is -2.09. The zero-order valence-corrected chi connectivity index (χ0v) is 11.8. The van der Waals surface area contributed by atoms with Gasteiger partial charge < -0.3 is 5.32 Å². The molecule has 102 valence electrons. The third kappa shape index (κ3) is 3.10. The molecule has 0 spiro atoms. The molecule has 2 heterocycles. The van der Waals surface area contributed by atoms with Crippen LogP contribution in [0.2, 0.25) is 0 Å². The summed E-state index contributed by atoms with van der Waals surface area (Å²) in [4.78, 5) is 9.22. The van der Waals surface area contributed by atoms with E-state index in [1.165, 1.54) is 0 Å². The van der Waals surface area contributed by atoms with Gasteiger partial charge in [0.25, 0.3) is 0 Å². The highest BCUT2D eigenvalue weighted by molar-refractivity contribution is 5.53. The summed E-state index contributed by atoms with van der Waals surface area (Å²) in [6.45, 7) is 7.97. The van der Waals surface area contributed by atoms with Crippen LogP contribution in [0.1, 0.15) is 32.9 Å². The molecule has 0 amide bonds. The lowest BCUT2D eigenvalue weighted by atomic mass is 10.2. The molecule has 0 aliphatic rings. The van der Waals surface area contributed by atoms with Crippen LogP contribution in [0.3, 0.4) is 0 Å². The van der Waals surface area contributed by atoms with Crippen molar-refractivity contribution in [2.24, 2.45) is 0 Å². The van der Waals surface area contributed by atoms with Gasteiger partial charge in [0.05, 0.1) is 0 Å². The third-order valence-electron chi connectivity index (χ3n) is 2.89. The van der Waals surface area contributed by atoms with Crippen molar-refractivity contribution < 1.29 is 0 Å². The molecule has 0 atom stereocenters. The van der Waals surface area contributed by atoms with Crippen molar-refractivity contribution in [3.8, 4) is 11.5 Å². The van der Waals surface area contributed by atoms with Gasteiger partial charge >= 0.3 is 0 Å². The van der Waals surface area contributed by atoms with Crippen LogP contribution in [0.25, 0.3) is 11.5 Å². The molecule has 5 nitrogen and oxygen atoms in total. The highest BCUT2D eigenvalue weighted by atomic mass is 15.3. The molecule has 0 aromatic carbocycles. The molecule has 0 bridgehead atoms. The first-order valence-electron chi connectivity index (χ1n) is 6.92. The van der Waals surface area contributed by atoms with Crippen LogP contribution < -0.4 is 5.32 Å². The van der Waals surface area contributed by atoms with Gasteiger partial charge in [-0.15, -0.1) is 0 Å². The van der Waals surface area contributed by atoms with E-state index in [2.05, 4.69) is 41.2 Å². The first kappa shape index (κ1) is 13.5. The minimum atomic E-state index is 0.751. The van der Waals surface area contributed by atoms with Crippen molar-refractivity contribution in [3.63, 3.8) is 0 Å². The summed E-state index contributed by atoms with van der Waals surface area (Å²) < 4.78 is 1.92. The first-order chi connectivity index (χ1) is 9.28. The summed E-state index contributed by atoms with van der Waals surface area (Å²) >= 11 is 0. The van der Waals surface area contributed by atoms with E-state index in [1.807, 2.05) is 16.8 Å². The Balaban J connectivity index is 2.43. The number of aromatic nitrogens is 4. The van der Waals surface area contributed by atoms with Crippen LogP contribution in [0.15, 0.2) is 18.3 Å². The fraction of sp³-hybridized carbons (Fsp3) is 0.500. The second kappa shape index (κ2) is 6.31. The number of anilines is 1. The molecular weight excluding hydrogens is 238 g/mol. The van der Waals surface area contributed by atoms with E-state index in [0.29, 0.717) is 0 Å². The maximum atomic E-state index is 4.64. The van der Waals surface area contributed by atoms with Gasteiger partial charge in [-0.05, 0) is 26.3 Å². The van der Waals surface area contributed by atoms with Gasteiger partial charge in [-0.2, -0.15) is 5.10 Å². The lowest BCUT2D eigenvalue weighted by molar-refractivity contribution is 0.663. The maximum absolute atomic E-state index is 4.64. The summed E-state index contributed by atoms with van der Waals surface area (Å²) in [5.74, 6) is 1.64. The van der Waals surface area contributed by atoms with Crippen molar-refractivity contribution in [1.29, 1.82) is 0 Å². The van der Waals surface area contributed by atoms with Crippen LogP contribution in [-0.2, 0) is 13.0 Å². The lowest BCUT2D eigenvalue weighted by Crippen LogP contribution is -2.07. The van der Waals surface area contributed by atoms with Gasteiger partial charge in [0.15, 0.2) is 5.82 Å². The summed E-state index contributed by atoms with van der Waals surface area (Å²) in [6.07, 6.45) is 3.84. The molecule has 2 aromatic heterocycles. The molecule has 0 aliphatic heterocycles. The topological polar surface area (TPSA) is 55.6 Å². The van der Waals surface area contributed by atoms with E-state index in [0.717, 1.165) is 49.0 Å². The minimum absolute atomic E-state index is 0.751. The van der Waals surface area contributed by atoms with Gasteiger partial charge in [-0.25, -0.2) is 9.97 Å². The highest BCUT2D eigenvalue weighted by Crippen LogP contribution is 2.18. The molecule has 0 saturated carbocycles. The zero-order chi connectivity index (χ0) is 13.7. The third-order valence-corrected chi connectivity index (χ3v) is 2.89. The predicted octanol–water partition coefficient (Wildman–Crippen LogP) is 2.74. The summed E-state index contributed by atoms with van der Waals surface area (Å²) in [6, 6.07) is 3.99. The van der Waals surface area contributed by atoms with Gasteiger partial charge in [0.1, 0.15) is 11.5 Å². The predicted molar refractivity (Wildman–Crippen MR) is 77.1 cm³/mol. The molecule has 5 heteroatoms. The van der Waals surface area contributed by atoms with Gasteiger partial charge in [-0.3, -0.25) is 4.68 Å². The summed E-state index contributed by atoms with van der Waals surface area (Å²) in [7, 11) is 0. The monoisotopic (exact) mass is 259 g/mol. The van der Waals surface area contributed by atoms with Crippen LogP contribution in [0.4, 0.5) is 5.82 Å². The summed E-state index contributed by atoms with van der Waals surface area (Å²) in [5.41, 5.74) is 2.05. The smallest absolute Gasteiger partial charge is 0.180 e. The summed E-state index contributed by atoms with van der Waals surface area (Å²) in [5, 5.41) is 7.54. The largest absolute Gasteiger partial charge is 0.370 e. The molecule has 19 heavy (non-hydrogen) atoms. The Bertz CT molecular complexity index is 508. The number of aryl methyl sites for hydroxylation is 2. The first-order valence-corrected chi connectivity index (χ1v) is 6.92. The average molecular weight is 259 g/mol. The second-order valence-electron chi connectivity index (χ2n) is 4.38. The van der Waals surface area contributed by atoms with Crippen LogP contribution in [-0.4, -0.2) is 26.3 Å². The van der Waals surface area contributed by atoms with Gasteiger partial charge in [-0.1, -0.05) is 13.3 Å². The number of nitrogens with zero attached hydrogens (tertiary/aromatic N) is 4. The second-order valence-corrected chi connectivity index (χ2v) is 4.38. The number of hydrogen-bond donors (Lipinski definition) is 1. The minimum Gasteiger partial charge on any atom is -0.370 e. The fourth-order valence-electron chi connectivity index (χ4n) is 2.04. The fourth-order valence-corrected chi connectivity index (χ4v) is 2.04. The van der Waals surface area contributed by atoms with Crippen molar-refractivity contribution in [3.05, 3.63) is 24.0 Å². The molecule has 0 saturated heterocycles. The van der Waals surface area contributed by atoms with Crippen LogP contribution in [0.5, 0.6) is 0 Å². The van der Waals surface area contributed by atoms with E-state index in [-0.39, 0.29) is 0 Å². The maximum Gasteiger partial charge on any atom is 0.180 e. The quantitative estimate of drug-likeness (QED) is 0.866. The Morgan fingerprint density at radius 2 is 2.05 bits per heavy atom. The van der Waals surface area contributed by atoms with E-state index in [9.17, 15) is 0 Å². The van der Waals surface area contributed by atoms with Crippen molar-refractivity contribution in [2.75, 3.05) is 11.9 Å². The SMILES string of the molecule is CCCc1cc(NCC)nc(-c2ccnn2CC)n1. The van der Waals surface area contributed by atoms with E-state index in [1.54, 1.807) is 6.20 Å².